The molecule has 25 heavy (non-hydrogen) atoms. The van der Waals surface area contributed by atoms with E-state index in [9.17, 15) is 14.0 Å². The van der Waals surface area contributed by atoms with Gasteiger partial charge in [-0.3, -0.25) is 9.59 Å². The number of ketones is 1. The molecule has 136 valence electrons. The highest BCUT2D eigenvalue weighted by Crippen LogP contribution is 2.34. The quantitative estimate of drug-likeness (QED) is 0.628. The number of aryl methyl sites for hydroxylation is 1. The van der Waals surface area contributed by atoms with E-state index < -0.39 is 5.97 Å². The summed E-state index contributed by atoms with van der Waals surface area (Å²) in [4.78, 5) is 22.6. The maximum absolute atomic E-state index is 13.4. The van der Waals surface area contributed by atoms with Gasteiger partial charge in [-0.15, -0.1) is 0 Å². The van der Waals surface area contributed by atoms with Crippen LogP contribution < -0.4 is 0 Å². The fourth-order valence-electron chi connectivity index (χ4n) is 3.55. The summed E-state index contributed by atoms with van der Waals surface area (Å²) in [7, 11) is 0. The van der Waals surface area contributed by atoms with Gasteiger partial charge >= 0.3 is 5.97 Å². The number of carboxylic acid groups (broad SMARTS) is 1. The Hall–Kier alpha value is -1.97. The van der Waals surface area contributed by atoms with E-state index in [2.05, 4.69) is 6.08 Å². The van der Waals surface area contributed by atoms with Crippen molar-refractivity contribution in [3.8, 4) is 0 Å². The van der Waals surface area contributed by atoms with E-state index in [0.29, 0.717) is 18.6 Å². The van der Waals surface area contributed by atoms with Crippen molar-refractivity contribution in [3.63, 3.8) is 0 Å². The first kappa shape index (κ1) is 19.4. The summed E-state index contributed by atoms with van der Waals surface area (Å²) in [5, 5.41) is 8.63. The Morgan fingerprint density at radius 3 is 2.80 bits per heavy atom. The zero-order valence-electron chi connectivity index (χ0n) is 14.8. The van der Waals surface area contributed by atoms with Gasteiger partial charge in [-0.1, -0.05) is 37.5 Å². The van der Waals surface area contributed by atoms with Crippen molar-refractivity contribution in [2.75, 3.05) is 0 Å². The van der Waals surface area contributed by atoms with Crippen LogP contribution in [0.4, 0.5) is 4.39 Å². The molecule has 1 aliphatic carbocycles. The molecular formula is C21H27FO3. The first-order valence-electron chi connectivity index (χ1n) is 9.16. The Labute approximate surface area is 148 Å². The van der Waals surface area contributed by atoms with E-state index in [0.717, 1.165) is 43.2 Å². The second kappa shape index (κ2) is 9.50. The number of hydrogen-bond acceptors (Lipinski definition) is 2. The topological polar surface area (TPSA) is 54.4 Å². The third kappa shape index (κ3) is 6.11. The fourth-order valence-corrected chi connectivity index (χ4v) is 3.55. The van der Waals surface area contributed by atoms with Crippen LogP contribution in [0.5, 0.6) is 0 Å². The minimum Gasteiger partial charge on any atom is -0.481 e. The zero-order chi connectivity index (χ0) is 18.2. The lowest BCUT2D eigenvalue weighted by Crippen LogP contribution is -2.13. The van der Waals surface area contributed by atoms with Crippen molar-refractivity contribution >= 4 is 17.8 Å². The molecule has 0 bridgehead atoms. The molecule has 0 aromatic heterocycles. The largest absolute Gasteiger partial charge is 0.481 e. The van der Waals surface area contributed by atoms with E-state index >= 15 is 0 Å². The van der Waals surface area contributed by atoms with Crippen molar-refractivity contribution in [1.82, 2.24) is 0 Å². The van der Waals surface area contributed by atoms with Crippen LogP contribution in [-0.4, -0.2) is 16.9 Å². The zero-order valence-corrected chi connectivity index (χ0v) is 14.8. The summed E-state index contributed by atoms with van der Waals surface area (Å²) >= 11 is 0. The molecule has 2 rings (SSSR count). The Balaban J connectivity index is 1.85. The SMILES string of the molecule is Cc1ccc(F)cc1/C=C/C1CCC(=O)C1CCCCCCC(=O)O. The molecule has 1 saturated carbocycles. The number of Topliss-reactive ketones (excluding diaryl/α,β-unsaturated/α-hetero) is 1. The van der Waals surface area contributed by atoms with Crippen LogP contribution in [0.25, 0.3) is 6.08 Å². The number of carbonyl (C=O) groups is 2. The van der Waals surface area contributed by atoms with Gasteiger partial charge in [-0.05, 0) is 55.4 Å². The number of aliphatic carboxylic acids is 1. The average molecular weight is 346 g/mol. The van der Waals surface area contributed by atoms with Gasteiger partial charge in [0.2, 0.25) is 0 Å². The Bertz CT molecular complexity index is 636. The number of hydrogen-bond donors (Lipinski definition) is 1. The highest BCUT2D eigenvalue weighted by molar-refractivity contribution is 5.84. The fraction of sp³-hybridized carbons (Fsp3) is 0.524. The van der Waals surface area contributed by atoms with E-state index in [1.807, 2.05) is 13.0 Å². The van der Waals surface area contributed by atoms with E-state index in [-0.39, 0.29) is 24.1 Å². The first-order valence-corrected chi connectivity index (χ1v) is 9.16. The maximum Gasteiger partial charge on any atom is 0.303 e. The molecule has 2 unspecified atom stereocenters. The molecule has 3 nitrogen and oxygen atoms in total. The van der Waals surface area contributed by atoms with E-state index in [1.54, 1.807) is 6.07 Å². The van der Waals surface area contributed by atoms with Gasteiger partial charge in [0.15, 0.2) is 0 Å². The molecule has 1 aromatic rings. The number of halogens is 1. The first-order chi connectivity index (χ1) is 12.0. The van der Waals surface area contributed by atoms with Crippen LogP contribution in [-0.2, 0) is 9.59 Å². The molecule has 1 fully saturated rings. The van der Waals surface area contributed by atoms with Gasteiger partial charge in [0, 0.05) is 18.8 Å². The van der Waals surface area contributed by atoms with E-state index in [1.165, 1.54) is 12.1 Å². The van der Waals surface area contributed by atoms with Crippen molar-refractivity contribution in [3.05, 3.63) is 41.2 Å². The molecule has 0 aliphatic heterocycles. The second-order valence-electron chi connectivity index (χ2n) is 6.98. The summed E-state index contributed by atoms with van der Waals surface area (Å²) in [6, 6.07) is 4.75. The van der Waals surface area contributed by atoms with Crippen LogP contribution in [0.2, 0.25) is 0 Å². The molecule has 1 N–H and O–H groups in total. The van der Waals surface area contributed by atoms with Gasteiger partial charge in [-0.2, -0.15) is 0 Å². The predicted octanol–water partition coefficient (Wildman–Crippen LogP) is 5.17. The molecule has 0 amide bonds. The van der Waals surface area contributed by atoms with Gasteiger partial charge < -0.3 is 5.11 Å². The summed E-state index contributed by atoms with van der Waals surface area (Å²) in [6.07, 6.45) is 10.1. The lowest BCUT2D eigenvalue weighted by Gasteiger charge is -2.15. The van der Waals surface area contributed by atoms with Crippen LogP contribution in [0, 0.1) is 24.6 Å². The Morgan fingerprint density at radius 1 is 1.28 bits per heavy atom. The molecule has 1 aliphatic rings. The molecule has 2 atom stereocenters. The number of rotatable bonds is 9. The monoisotopic (exact) mass is 346 g/mol. The predicted molar refractivity (Wildman–Crippen MR) is 96.7 cm³/mol. The molecule has 1 aromatic carbocycles. The van der Waals surface area contributed by atoms with Gasteiger partial charge in [0.25, 0.3) is 0 Å². The van der Waals surface area contributed by atoms with Crippen molar-refractivity contribution < 1.29 is 19.1 Å². The molecule has 0 radical (unpaired) electrons. The summed E-state index contributed by atoms with van der Waals surface area (Å²) < 4.78 is 13.4. The van der Waals surface area contributed by atoms with Crippen LogP contribution in [0.3, 0.4) is 0 Å². The number of carbonyl (C=O) groups excluding carboxylic acids is 1. The van der Waals surface area contributed by atoms with Crippen molar-refractivity contribution in [2.24, 2.45) is 11.8 Å². The highest BCUT2D eigenvalue weighted by atomic mass is 19.1. The summed E-state index contributed by atoms with van der Waals surface area (Å²) in [5.74, 6) is -0.371. The second-order valence-corrected chi connectivity index (χ2v) is 6.98. The minimum atomic E-state index is -0.746. The standard InChI is InChI=1S/C21H27FO3/c1-15-8-12-18(22)14-17(15)10-9-16-11-13-20(23)19(16)6-4-2-3-5-7-21(24)25/h8-10,12,14,16,19H,2-7,11,13H2,1H3,(H,24,25)/b10-9+. The molecule has 0 spiro atoms. The van der Waals surface area contributed by atoms with Crippen molar-refractivity contribution in [2.45, 2.75) is 58.3 Å². The third-order valence-electron chi connectivity index (χ3n) is 5.07. The van der Waals surface area contributed by atoms with Crippen LogP contribution >= 0.6 is 0 Å². The summed E-state index contributed by atoms with van der Waals surface area (Å²) in [6.45, 7) is 1.95. The van der Waals surface area contributed by atoms with Crippen LogP contribution in [0.15, 0.2) is 24.3 Å². The minimum absolute atomic E-state index is 0.0598. The lowest BCUT2D eigenvalue weighted by molar-refractivity contribution is -0.137. The van der Waals surface area contributed by atoms with Crippen LogP contribution in [0.1, 0.15) is 62.5 Å². The number of allylic oxidation sites excluding steroid dienone is 1. The normalized spacial score (nSPS) is 20.5. The van der Waals surface area contributed by atoms with Gasteiger partial charge in [0.1, 0.15) is 11.6 Å². The Kier molecular flexibility index (Phi) is 7.35. The lowest BCUT2D eigenvalue weighted by atomic mass is 9.89. The molecule has 0 heterocycles. The molecule has 4 heteroatoms. The number of carboxylic acids is 1. The summed E-state index contributed by atoms with van der Waals surface area (Å²) in [5.41, 5.74) is 1.89. The molecule has 0 saturated heterocycles. The van der Waals surface area contributed by atoms with E-state index in [4.69, 9.17) is 5.11 Å². The Morgan fingerprint density at radius 2 is 2.04 bits per heavy atom. The highest BCUT2D eigenvalue weighted by Gasteiger charge is 2.32. The smallest absolute Gasteiger partial charge is 0.303 e. The third-order valence-corrected chi connectivity index (χ3v) is 5.07. The van der Waals surface area contributed by atoms with Gasteiger partial charge in [-0.25, -0.2) is 4.39 Å². The van der Waals surface area contributed by atoms with Crippen molar-refractivity contribution in [1.29, 1.82) is 0 Å². The maximum atomic E-state index is 13.4. The molecular weight excluding hydrogens is 319 g/mol. The van der Waals surface area contributed by atoms with Gasteiger partial charge in [0.05, 0.1) is 0 Å². The number of benzene rings is 1. The average Bonchev–Trinajstić information content (AvgIpc) is 2.91. The number of unbranched alkanes of at least 4 members (excludes halogenated alkanes) is 3.